The maximum absolute atomic E-state index is 13.9. The molecule has 0 heterocycles. The summed E-state index contributed by atoms with van der Waals surface area (Å²) in [6.45, 7) is 10.1. The summed E-state index contributed by atoms with van der Waals surface area (Å²) >= 11 is 12.7. The van der Waals surface area contributed by atoms with Crippen molar-refractivity contribution in [3.05, 3.63) is 68.2 Å². The number of carbonyl (C=O) groups excluding carboxylic acids is 2. The van der Waals surface area contributed by atoms with Crippen LogP contribution in [0, 0.1) is 13.8 Å². The van der Waals surface area contributed by atoms with Crippen LogP contribution < -0.4 is 0 Å². The van der Waals surface area contributed by atoms with Crippen LogP contribution in [0.25, 0.3) is 0 Å². The van der Waals surface area contributed by atoms with Gasteiger partial charge in [-0.2, -0.15) is 0 Å². The molecule has 1 saturated carbocycles. The maximum atomic E-state index is 13.9. The zero-order valence-corrected chi connectivity index (χ0v) is 21.8. The van der Waals surface area contributed by atoms with Crippen LogP contribution in [0.4, 0.5) is 0 Å². The molecule has 0 amide bonds. The van der Waals surface area contributed by atoms with Crippen molar-refractivity contribution in [2.24, 2.45) is 0 Å². The average Bonchev–Trinajstić information content (AvgIpc) is 2.72. The molecule has 3 nitrogen and oxygen atoms in total. The van der Waals surface area contributed by atoms with Gasteiger partial charge in [0.2, 0.25) is 5.52 Å². The number of hydrogen-bond acceptors (Lipinski definition) is 3. The largest absolute Gasteiger partial charge is 0.293 e. The molecule has 0 aliphatic heterocycles. The molecule has 1 atom stereocenters. The van der Waals surface area contributed by atoms with Crippen LogP contribution in [0.5, 0.6) is 0 Å². The Morgan fingerprint density at radius 1 is 0.906 bits per heavy atom. The molecule has 32 heavy (non-hydrogen) atoms. The highest BCUT2D eigenvalue weighted by Gasteiger charge is 2.50. The first kappa shape index (κ1) is 25.1. The molecule has 1 aliphatic carbocycles. The van der Waals surface area contributed by atoms with Gasteiger partial charge in [0.15, 0.2) is 13.6 Å². The number of aryl methyl sites for hydroxylation is 2. The Labute approximate surface area is 201 Å². The first-order valence-corrected chi connectivity index (χ1v) is 13.0. The average molecular weight is 492 g/mol. The van der Waals surface area contributed by atoms with Crippen molar-refractivity contribution in [2.75, 3.05) is 0 Å². The molecule has 1 unspecified atom stereocenters. The van der Waals surface area contributed by atoms with E-state index in [1.54, 1.807) is 18.2 Å². The Morgan fingerprint density at radius 2 is 1.41 bits per heavy atom. The van der Waals surface area contributed by atoms with Gasteiger partial charge >= 0.3 is 0 Å². The van der Waals surface area contributed by atoms with E-state index < -0.39 is 18.5 Å². The van der Waals surface area contributed by atoms with Crippen LogP contribution in [0.3, 0.4) is 0 Å². The van der Waals surface area contributed by atoms with E-state index in [1.807, 2.05) is 26.0 Å². The van der Waals surface area contributed by atoms with Crippen molar-refractivity contribution in [2.45, 2.75) is 77.3 Å². The van der Waals surface area contributed by atoms with Crippen molar-refractivity contribution < 1.29 is 14.2 Å². The molecule has 171 valence electrons. The molecule has 1 aliphatic rings. The molecule has 0 spiro atoms. The van der Waals surface area contributed by atoms with Crippen LogP contribution in [-0.4, -0.2) is 16.5 Å². The number of ketones is 1. The maximum Gasteiger partial charge on any atom is 0.243 e. The summed E-state index contributed by atoms with van der Waals surface area (Å²) in [6, 6.07) is 8.86. The van der Waals surface area contributed by atoms with Crippen molar-refractivity contribution in [1.82, 2.24) is 0 Å². The minimum atomic E-state index is -2.53. The summed E-state index contributed by atoms with van der Waals surface area (Å²) in [5.41, 5.74) is 2.81. The van der Waals surface area contributed by atoms with E-state index in [0.29, 0.717) is 18.4 Å². The van der Waals surface area contributed by atoms with Crippen LogP contribution >= 0.6 is 31.0 Å². The smallest absolute Gasteiger partial charge is 0.243 e. The molecule has 0 N–H and O–H groups in total. The minimum absolute atomic E-state index is 0.0688. The molecule has 2 aromatic carbocycles. The van der Waals surface area contributed by atoms with Gasteiger partial charge in [0, 0.05) is 5.56 Å². The first-order valence-electron chi connectivity index (χ1n) is 11.0. The zero-order valence-electron chi connectivity index (χ0n) is 19.4. The highest BCUT2D eigenvalue weighted by atomic mass is 35.5. The van der Waals surface area contributed by atoms with Gasteiger partial charge in [0.1, 0.15) is 5.16 Å². The monoisotopic (exact) mass is 491 g/mol. The quantitative estimate of drug-likeness (QED) is 0.311. The Hall–Kier alpha value is -1.54. The second-order valence-corrected chi connectivity index (χ2v) is 12.5. The van der Waals surface area contributed by atoms with Crippen molar-refractivity contribution >= 4 is 42.3 Å². The van der Waals surface area contributed by atoms with Gasteiger partial charge in [-0.05, 0) is 60.9 Å². The van der Waals surface area contributed by atoms with E-state index in [4.69, 9.17) is 23.2 Å². The van der Waals surface area contributed by atoms with E-state index in [9.17, 15) is 14.2 Å². The molecule has 2 aromatic rings. The third-order valence-electron chi connectivity index (χ3n) is 6.48. The highest BCUT2D eigenvalue weighted by molar-refractivity contribution is 7.67. The van der Waals surface area contributed by atoms with Crippen LogP contribution in [0.2, 0.25) is 10.0 Å². The predicted octanol–water partition coefficient (Wildman–Crippen LogP) is 8.46. The molecule has 6 heteroatoms. The number of carbonyl (C=O) groups is 2. The summed E-state index contributed by atoms with van der Waals surface area (Å²) in [7, 11) is -2.53. The predicted molar refractivity (Wildman–Crippen MR) is 133 cm³/mol. The second kappa shape index (κ2) is 9.37. The molecule has 0 aromatic heterocycles. The number of Topliss-reactive ketones (excluding diaryl/α,β-unsaturated/α-hetero) is 1. The summed E-state index contributed by atoms with van der Waals surface area (Å²) in [4.78, 5) is 27.4. The number of benzene rings is 2. The number of halogens is 2. The third-order valence-corrected chi connectivity index (χ3v) is 9.13. The fourth-order valence-corrected chi connectivity index (χ4v) is 7.17. The summed E-state index contributed by atoms with van der Waals surface area (Å²) < 4.78 is 13.9. The zero-order chi connectivity index (χ0) is 23.8. The van der Waals surface area contributed by atoms with E-state index >= 15 is 0 Å². The van der Waals surface area contributed by atoms with Crippen LogP contribution in [0.1, 0.15) is 90.3 Å². The van der Waals surface area contributed by atoms with Gasteiger partial charge in [-0.1, -0.05) is 81.4 Å². The summed E-state index contributed by atoms with van der Waals surface area (Å²) in [5, 5.41) is -0.823. The van der Waals surface area contributed by atoms with Gasteiger partial charge in [-0.15, -0.1) is 0 Å². The van der Waals surface area contributed by atoms with Crippen molar-refractivity contribution in [1.29, 1.82) is 0 Å². The van der Waals surface area contributed by atoms with E-state index in [1.165, 1.54) is 0 Å². The SMILES string of the molecule is Cc1cc(C(C)(C)C)cc(C)c1C(=O)[P](=O)C1(C(=O)c2c(Cl)cccc2Cl)CCCCC1. The lowest BCUT2D eigenvalue weighted by molar-refractivity contribution is 0.0903. The summed E-state index contributed by atoms with van der Waals surface area (Å²) in [5.74, 6) is -0.371. The Bertz CT molecular complexity index is 1050. The van der Waals surface area contributed by atoms with Gasteiger partial charge in [0.25, 0.3) is 0 Å². The Morgan fingerprint density at radius 3 is 1.88 bits per heavy atom. The summed E-state index contributed by atoms with van der Waals surface area (Å²) in [6.07, 6.45) is 3.21. The lowest BCUT2D eigenvalue weighted by Gasteiger charge is -2.34. The van der Waals surface area contributed by atoms with Gasteiger partial charge in [-0.3, -0.25) is 14.2 Å². The van der Waals surface area contributed by atoms with Crippen molar-refractivity contribution in [3.8, 4) is 0 Å². The molecular formula is C26H30Cl2O3P. The first-order chi connectivity index (χ1) is 14.9. The lowest BCUT2D eigenvalue weighted by atomic mass is 9.82. The molecule has 3 rings (SSSR count). The van der Waals surface area contributed by atoms with Gasteiger partial charge in [-0.25, -0.2) is 0 Å². The topological polar surface area (TPSA) is 51.2 Å². The van der Waals surface area contributed by atoms with E-state index in [0.717, 1.165) is 36.0 Å². The fourth-order valence-electron chi connectivity index (χ4n) is 4.64. The van der Waals surface area contributed by atoms with Gasteiger partial charge < -0.3 is 0 Å². The standard InChI is InChI=1S/C26H30Cl2O3P/c1-16-14-18(25(3,4)5)15-17(2)21(16)24(30)32(31)26(12-7-6-8-13-26)23(29)22-19(27)10-9-11-20(22)28/h9-11,14-15H,6-8,12-13H2,1-5H3. The van der Waals surface area contributed by atoms with Crippen LogP contribution in [-0.2, 0) is 9.98 Å². The van der Waals surface area contributed by atoms with Gasteiger partial charge in [0.05, 0.1) is 15.6 Å². The molecular weight excluding hydrogens is 462 g/mol. The lowest BCUT2D eigenvalue weighted by Crippen LogP contribution is -2.39. The van der Waals surface area contributed by atoms with E-state index in [-0.39, 0.29) is 26.8 Å². The van der Waals surface area contributed by atoms with E-state index in [2.05, 4.69) is 20.8 Å². The molecule has 0 saturated heterocycles. The Balaban J connectivity index is 2.10. The molecule has 1 radical (unpaired) electrons. The molecule has 1 fully saturated rings. The fraction of sp³-hybridized carbons (Fsp3) is 0.462. The van der Waals surface area contributed by atoms with Crippen molar-refractivity contribution in [3.63, 3.8) is 0 Å². The second-order valence-electron chi connectivity index (χ2n) is 9.85. The number of hydrogen-bond donors (Lipinski definition) is 0. The third kappa shape index (κ3) is 4.58. The van der Waals surface area contributed by atoms with Crippen LogP contribution in [0.15, 0.2) is 30.3 Å². The molecule has 0 bridgehead atoms. The highest BCUT2D eigenvalue weighted by Crippen LogP contribution is 2.54. The normalized spacial score (nSPS) is 16.5. The Kier molecular flexibility index (Phi) is 7.35. The minimum Gasteiger partial charge on any atom is -0.293 e. The number of rotatable bonds is 5.